The van der Waals surface area contributed by atoms with Gasteiger partial charge in [-0.3, -0.25) is 0 Å². The zero-order valence-electron chi connectivity index (χ0n) is 21.8. The Balaban J connectivity index is 1.39. The summed E-state index contributed by atoms with van der Waals surface area (Å²) in [4.78, 5) is 13.4. The molecule has 0 saturated carbocycles. The van der Waals surface area contributed by atoms with Crippen LogP contribution in [0.5, 0.6) is 11.5 Å². The predicted molar refractivity (Wildman–Crippen MR) is 144 cm³/mol. The van der Waals surface area contributed by atoms with Crippen LogP contribution < -0.4 is 19.7 Å². The van der Waals surface area contributed by atoms with E-state index in [2.05, 4.69) is 14.9 Å². The highest BCUT2D eigenvalue weighted by Gasteiger charge is 2.30. The van der Waals surface area contributed by atoms with Crippen LogP contribution in [0.25, 0.3) is 0 Å². The number of phenolic OH excluding ortho intramolecular Hbond substituents is 1. The molecule has 2 aliphatic heterocycles. The van der Waals surface area contributed by atoms with Crippen molar-refractivity contribution in [3.8, 4) is 11.5 Å². The third-order valence-corrected chi connectivity index (χ3v) is 9.00. The molecule has 208 valence electrons. The van der Waals surface area contributed by atoms with E-state index in [1.165, 1.54) is 19.2 Å². The average Bonchev–Trinajstić information content (AvgIpc) is 3.42. The summed E-state index contributed by atoms with van der Waals surface area (Å²) < 4.78 is 39.1. The number of rotatable bonds is 10. The van der Waals surface area contributed by atoms with Crippen molar-refractivity contribution in [1.82, 2.24) is 10.0 Å². The second-order valence-corrected chi connectivity index (χ2v) is 11.8. The Morgan fingerprint density at radius 3 is 2.45 bits per heavy atom. The van der Waals surface area contributed by atoms with Crippen LogP contribution in [0, 0.1) is 5.92 Å². The summed E-state index contributed by atoms with van der Waals surface area (Å²) in [5.74, 6) is 1.07. The van der Waals surface area contributed by atoms with Gasteiger partial charge in [0.15, 0.2) is 0 Å². The number of carbonyl (C=O) groups is 1. The summed E-state index contributed by atoms with van der Waals surface area (Å²) in [5, 5.41) is 22.6. The molecule has 4 N–H and O–H groups in total. The average molecular weight is 548 g/mol. The molecule has 11 heteroatoms. The molecule has 2 aromatic carbocycles. The minimum atomic E-state index is -3.64. The first-order chi connectivity index (χ1) is 18.2. The van der Waals surface area contributed by atoms with Gasteiger partial charge in [-0.25, -0.2) is 17.9 Å². The van der Waals surface area contributed by atoms with E-state index >= 15 is 0 Å². The Labute approximate surface area is 224 Å². The zero-order valence-corrected chi connectivity index (χ0v) is 22.6. The molecule has 2 aromatic rings. The molecule has 0 bridgehead atoms. The quantitative estimate of drug-likeness (QED) is 0.355. The monoisotopic (exact) mass is 547 g/mol. The van der Waals surface area contributed by atoms with Crippen LogP contribution in [0.1, 0.15) is 44.1 Å². The van der Waals surface area contributed by atoms with E-state index in [0.29, 0.717) is 57.0 Å². The lowest BCUT2D eigenvalue weighted by Gasteiger charge is -2.34. The van der Waals surface area contributed by atoms with Crippen LogP contribution in [-0.2, 0) is 14.8 Å². The van der Waals surface area contributed by atoms with Crippen LogP contribution >= 0.6 is 0 Å². The smallest absolute Gasteiger partial charge is 0.404 e. The van der Waals surface area contributed by atoms with Crippen molar-refractivity contribution in [2.75, 3.05) is 38.3 Å². The van der Waals surface area contributed by atoms with Gasteiger partial charge in [-0.2, -0.15) is 0 Å². The predicted octanol–water partition coefficient (Wildman–Crippen LogP) is 3.51. The number of hydrogen-bond acceptors (Lipinski definition) is 7. The van der Waals surface area contributed by atoms with Crippen LogP contribution in [0.15, 0.2) is 47.4 Å². The molecule has 2 saturated heterocycles. The van der Waals surface area contributed by atoms with Crippen LogP contribution in [-0.4, -0.2) is 70.2 Å². The van der Waals surface area contributed by atoms with Crippen molar-refractivity contribution in [2.45, 2.75) is 55.5 Å². The maximum atomic E-state index is 12.8. The van der Waals surface area contributed by atoms with E-state index in [4.69, 9.17) is 14.6 Å². The van der Waals surface area contributed by atoms with Crippen LogP contribution in [0.2, 0.25) is 0 Å². The molecule has 2 fully saturated rings. The fraction of sp³-hybridized carbons (Fsp3) is 0.519. The zero-order chi connectivity index (χ0) is 27.3. The first-order valence-electron chi connectivity index (χ1n) is 13.0. The molecule has 1 unspecified atom stereocenters. The number of aromatic hydroxyl groups is 1. The number of piperidine rings is 1. The minimum absolute atomic E-state index is 0.0531. The van der Waals surface area contributed by atoms with Gasteiger partial charge in [0.25, 0.3) is 0 Å². The molecule has 0 aromatic heterocycles. The Morgan fingerprint density at radius 1 is 1.16 bits per heavy atom. The van der Waals surface area contributed by atoms with Crippen molar-refractivity contribution in [3.05, 3.63) is 48.0 Å². The van der Waals surface area contributed by atoms with Crippen molar-refractivity contribution in [2.24, 2.45) is 5.92 Å². The number of anilines is 1. The molecule has 2 aliphatic rings. The maximum Gasteiger partial charge on any atom is 0.404 e. The van der Waals surface area contributed by atoms with Crippen LogP contribution in [0.4, 0.5) is 10.5 Å². The highest BCUT2D eigenvalue weighted by atomic mass is 32.2. The number of phenols is 1. The molecule has 2 heterocycles. The number of amides is 1. The number of hydrogen-bond donors (Lipinski definition) is 4. The third kappa shape index (κ3) is 6.89. The van der Waals surface area contributed by atoms with E-state index in [1.54, 1.807) is 18.2 Å². The molecule has 10 nitrogen and oxygen atoms in total. The summed E-state index contributed by atoms with van der Waals surface area (Å²) >= 11 is 0. The summed E-state index contributed by atoms with van der Waals surface area (Å²) in [5.41, 5.74) is 1.67. The number of benzene rings is 2. The van der Waals surface area contributed by atoms with Crippen LogP contribution in [0.3, 0.4) is 0 Å². The Kier molecular flexibility index (Phi) is 9.01. The molecule has 0 radical (unpaired) electrons. The van der Waals surface area contributed by atoms with Crippen molar-refractivity contribution >= 4 is 21.8 Å². The topological polar surface area (TPSA) is 137 Å². The summed E-state index contributed by atoms with van der Waals surface area (Å²) in [6.07, 6.45) is 1.67. The number of nitrogens with zero attached hydrogens (tertiary/aromatic N) is 1. The van der Waals surface area contributed by atoms with E-state index in [9.17, 15) is 18.3 Å². The summed E-state index contributed by atoms with van der Waals surface area (Å²) in [7, 11) is -2.11. The normalized spacial score (nSPS) is 20.2. The van der Waals surface area contributed by atoms with Gasteiger partial charge < -0.3 is 29.9 Å². The van der Waals surface area contributed by atoms with Gasteiger partial charge in [-0.15, -0.1) is 0 Å². The first-order valence-corrected chi connectivity index (χ1v) is 14.5. The number of nitrogens with one attached hydrogen (secondary N) is 2. The lowest BCUT2D eigenvalue weighted by molar-refractivity contribution is 0.175. The van der Waals surface area contributed by atoms with E-state index in [-0.39, 0.29) is 34.6 Å². The summed E-state index contributed by atoms with van der Waals surface area (Å²) in [6, 6.07) is 11.6. The molecule has 4 rings (SSSR count). The standard InChI is InChI=1S/C27H37N3O7S/c1-18(28-27(32)33)15-24(20-11-14-37-17-20)19-3-8-25(26(31)16-19)30-12-9-21(10-13-30)29-38(34,35)23-6-4-22(36-2)5-7-23/h3-8,16,18,20-21,24,28-29,31H,9-15,17H2,1-2H3,(H,32,33)/t18-,20?,24-/m0/s1. The molecular weight excluding hydrogens is 510 g/mol. The fourth-order valence-electron chi connectivity index (χ4n) is 5.44. The van der Waals surface area contributed by atoms with Gasteiger partial charge in [-0.05, 0) is 86.4 Å². The second kappa shape index (κ2) is 12.2. The fourth-order valence-corrected chi connectivity index (χ4v) is 6.75. The van der Waals surface area contributed by atoms with Gasteiger partial charge in [0.1, 0.15) is 11.5 Å². The number of ether oxygens (including phenoxy) is 2. The summed E-state index contributed by atoms with van der Waals surface area (Å²) in [6.45, 7) is 4.35. The van der Waals surface area contributed by atoms with E-state index in [0.717, 1.165) is 12.0 Å². The highest BCUT2D eigenvalue weighted by molar-refractivity contribution is 7.89. The Hall–Kier alpha value is -3.02. The molecule has 38 heavy (non-hydrogen) atoms. The molecule has 1 amide bonds. The van der Waals surface area contributed by atoms with Crippen molar-refractivity contribution < 1.29 is 32.9 Å². The lowest BCUT2D eigenvalue weighted by Crippen LogP contribution is -2.44. The minimum Gasteiger partial charge on any atom is -0.506 e. The molecule has 3 atom stereocenters. The van der Waals surface area contributed by atoms with Crippen molar-refractivity contribution in [1.29, 1.82) is 0 Å². The van der Waals surface area contributed by atoms with Gasteiger partial charge in [0, 0.05) is 31.8 Å². The van der Waals surface area contributed by atoms with E-state index < -0.39 is 16.1 Å². The van der Waals surface area contributed by atoms with Gasteiger partial charge in [-0.1, -0.05) is 6.07 Å². The first kappa shape index (κ1) is 28.0. The lowest BCUT2D eigenvalue weighted by atomic mass is 9.81. The van der Waals surface area contributed by atoms with E-state index in [1.807, 2.05) is 19.1 Å². The number of sulfonamides is 1. The van der Waals surface area contributed by atoms with Gasteiger partial charge in [0.2, 0.25) is 10.0 Å². The second-order valence-electron chi connectivity index (χ2n) is 10.1. The Bertz CT molecular complexity index is 1190. The largest absolute Gasteiger partial charge is 0.506 e. The molecule has 0 aliphatic carbocycles. The highest BCUT2D eigenvalue weighted by Crippen LogP contribution is 2.39. The van der Waals surface area contributed by atoms with Crippen molar-refractivity contribution in [3.63, 3.8) is 0 Å². The SMILES string of the molecule is COc1ccc(S(=O)(=O)NC2CCN(c3ccc([C@H](C[C@H](C)NC(=O)O)C4CCOC4)cc3O)CC2)cc1. The molecular formula is C27H37N3O7S. The Morgan fingerprint density at radius 2 is 1.87 bits per heavy atom. The van der Waals surface area contributed by atoms with Gasteiger partial charge in [0.05, 0.1) is 24.3 Å². The third-order valence-electron chi connectivity index (χ3n) is 7.47. The number of carboxylic acid groups (broad SMARTS) is 1. The van der Waals surface area contributed by atoms with Gasteiger partial charge >= 0.3 is 6.09 Å². The number of methoxy groups -OCH3 is 1. The maximum absolute atomic E-state index is 12.8. The molecule has 0 spiro atoms.